The molecule has 1 aliphatic rings. The SMILES string of the molecule is COc1ccc(CC(=O)N=C(N)NC(CC2CCCCC2)C(=O)NCc2ccc(F)c(-c3nnc(O)o3)c2)cc1OC. The van der Waals surface area contributed by atoms with Crippen molar-refractivity contribution in [2.24, 2.45) is 16.6 Å². The zero-order valence-electron chi connectivity index (χ0n) is 23.6. The van der Waals surface area contributed by atoms with Crippen molar-refractivity contribution in [2.45, 2.75) is 57.5 Å². The van der Waals surface area contributed by atoms with Crippen molar-refractivity contribution in [3.63, 3.8) is 0 Å². The van der Waals surface area contributed by atoms with Crippen LogP contribution in [0.5, 0.6) is 17.6 Å². The zero-order valence-corrected chi connectivity index (χ0v) is 23.6. The smallest absolute Gasteiger partial charge is 0.412 e. The number of aromatic nitrogens is 2. The molecule has 0 saturated heterocycles. The molecule has 0 radical (unpaired) electrons. The van der Waals surface area contributed by atoms with Crippen LogP contribution in [0.15, 0.2) is 45.8 Å². The predicted molar refractivity (Wildman–Crippen MR) is 151 cm³/mol. The summed E-state index contributed by atoms with van der Waals surface area (Å²) in [6.07, 6.45) is 5.17. The van der Waals surface area contributed by atoms with Gasteiger partial charge in [0.25, 0.3) is 11.8 Å². The number of halogens is 1. The molecule has 3 aromatic rings. The number of hydrogen-bond donors (Lipinski definition) is 4. The number of amides is 2. The van der Waals surface area contributed by atoms with E-state index in [0.717, 1.165) is 25.7 Å². The van der Waals surface area contributed by atoms with Crippen LogP contribution in [0.1, 0.15) is 49.7 Å². The van der Waals surface area contributed by atoms with Gasteiger partial charge in [-0.25, -0.2) is 4.39 Å². The summed E-state index contributed by atoms with van der Waals surface area (Å²) < 4.78 is 29.8. The summed E-state index contributed by atoms with van der Waals surface area (Å²) in [5.74, 6) is -0.436. The minimum atomic E-state index is -0.737. The third-order valence-electron chi connectivity index (χ3n) is 7.12. The van der Waals surface area contributed by atoms with E-state index in [0.29, 0.717) is 35.0 Å². The molecule has 2 amide bonds. The second-order valence-electron chi connectivity index (χ2n) is 10.1. The molecule has 4 rings (SSSR count). The lowest BCUT2D eigenvalue weighted by Gasteiger charge is -2.27. The first-order valence-electron chi connectivity index (χ1n) is 13.7. The third kappa shape index (κ3) is 8.18. The maximum absolute atomic E-state index is 14.3. The monoisotopic (exact) mass is 582 g/mol. The van der Waals surface area contributed by atoms with Gasteiger partial charge in [-0.05, 0) is 47.7 Å². The molecule has 2 aromatic carbocycles. The minimum absolute atomic E-state index is 0.00389. The van der Waals surface area contributed by atoms with Gasteiger partial charge in [0.1, 0.15) is 11.9 Å². The van der Waals surface area contributed by atoms with E-state index in [1.165, 1.54) is 38.8 Å². The van der Waals surface area contributed by atoms with Gasteiger partial charge >= 0.3 is 6.08 Å². The number of rotatable bonds is 11. The quantitative estimate of drug-likeness (QED) is 0.194. The van der Waals surface area contributed by atoms with Crippen molar-refractivity contribution >= 4 is 17.8 Å². The Bertz CT molecular complexity index is 1420. The van der Waals surface area contributed by atoms with Gasteiger partial charge in [0.15, 0.2) is 17.5 Å². The number of aromatic hydroxyl groups is 1. The first kappa shape index (κ1) is 30.3. The van der Waals surface area contributed by atoms with Gasteiger partial charge in [0.2, 0.25) is 5.91 Å². The Morgan fingerprint density at radius 2 is 1.83 bits per heavy atom. The fourth-order valence-electron chi connectivity index (χ4n) is 5.02. The number of nitrogens with one attached hydrogen (secondary N) is 2. The molecule has 12 nitrogen and oxygen atoms in total. The number of carbonyl (C=O) groups is 2. The maximum Gasteiger partial charge on any atom is 0.412 e. The zero-order chi connectivity index (χ0) is 30.1. The Morgan fingerprint density at radius 1 is 1.10 bits per heavy atom. The van der Waals surface area contributed by atoms with E-state index in [1.807, 2.05) is 0 Å². The average Bonchev–Trinajstić information content (AvgIpc) is 3.42. The van der Waals surface area contributed by atoms with Gasteiger partial charge in [-0.2, -0.15) is 4.99 Å². The summed E-state index contributed by atoms with van der Waals surface area (Å²) in [6, 6.07) is 8.57. The van der Waals surface area contributed by atoms with Crippen molar-refractivity contribution in [3.8, 4) is 29.0 Å². The van der Waals surface area contributed by atoms with Crippen LogP contribution in [0.25, 0.3) is 11.5 Å². The molecule has 0 aliphatic heterocycles. The van der Waals surface area contributed by atoms with Gasteiger partial charge in [-0.15, -0.1) is 5.10 Å². The van der Waals surface area contributed by atoms with Crippen molar-refractivity contribution in [1.82, 2.24) is 20.8 Å². The summed E-state index contributed by atoms with van der Waals surface area (Å²) in [5, 5.41) is 22.0. The van der Waals surface area contributed by atoms with Gasteiger partial charge in [-0.3, -0.25) is 9.59 Å². The van der Waals surface area contributed by atoms with Gasteiger partial charge in [0, 0.05) is 6.54 Å². The van der Waals surface area contributed by atoms with E-state index in [-0.39, 0.29) is 36.3 Å². The Labute approximate surface area is 242 Å². The van der Waals surface area contributed by atoms with E-state index < -0.39 is 23.8 Å². The number of ether oxygens (including phenoxy) is 2. The number of aliphatic imine (C=N–C) groups is 1. The molecule has 13 heteroatoms. The van der Waals surface area contributed by atoms with Crippen molar-refractivity contribution in [3.05, 3.63) is 53.3 Å². The molecular formula is C29H35FN6O6. The molecule has 1 aliphatic carbocycles. The Balaban J connectivity index is 1.42. The highest BCUT2D eigenvalue weighted by Gasteiger charge is 2.25. The summed E-state index contributed by atoms with van der Waals surface area (Å²) in [7, 11) is 3.04. The number of nitrogens with zero attached hydrogens (tertiary/aromatic N) is 3. The van der Waals surface area contributed by atoms with E-state index in [1.54, 1.807) is 18.2 Å². The average molecular weight is 583 g/mol. The fourth-order valence-corrected chi connectivity index (χ4v) is 5.02. The number of carbonyl (C=O) groups excluding carboxylic acids is 2. The molecule has 0 bridgehead atoms. The summed E-state index contributed by atoms with van der Waals surface area (Å²) in [4.78, 5) is 29.9. The molecular weight excluding hydrogens is 547 g/mol. The minimum Gasteiger partial charge on any atom is -0.493 e. The molecule has 224 valence electrons. The number of benzene rings is 2. The van der Waals surface area contributed by atoms with Gasteiger partial charge in [-0.1, -0.05) is 49.3 Å². The Hall–Kier alpha value is -4.68. The molecule has 5 N–H and O–H groups in total. The van der Waals surface area contributed by atoms with Gasteiger partial charge in [0.05, 0.1) is 26.2 Å². The molecule has 1 fully saturated rings. The van der Waals surface area contributed by atoms with Gasteiger partial charge < -0.3 is 35.4 Å². The number of methoxy groups -OCH3 is 2. The number of nitrogens with two attached hydrogens (primary N) is 1. The molecule has 42 heavy (non-hydrogen) atoms. The van der Waals surface area contributed by atoms with Crippen molar-refractivity contribution < 1.29 is 33.0 Å². The lowest BCUT2D eigenvalue weighted by Crippen LogP contribution is -2.50. The van der Waals surface area contributed by atoms with Crippen LogP contribution in [0.4, 0.5) is 4.39 Å². The third-order valence-corrected chi connectivity index (χ3v) is 7.12. The number of guanidine groups is 1. The highest BCUT2D eigenvalue weighted by Crippen LogP contribution is 2.29. The predicted octanol–water partition coefficient (Wildman–Crippen LogP) is 3.23. The van der Waals surface area contributed by atoms with Crippen LogP contribution in [0, 0.1) is 11.7 Å². The molecule has 1 heterocycles. The first-order chi connectivity index (χ1) is 20.2. The Kier molecular flexibility index (Phi) is 10.3. The molecule has 1 aromatic heterocycles. The second kappa shape index (κ2) is 14.3. The Morgan fingerprint density at radius 3 is 2.52 bits per heavy atom. The molecule has 1 saturated carbocycles. The van der Waals surface area contributed by atoms with E-state index in [4.69, 9.17) is 19.6 Å². The lowest BCUT2D eigenvalue weighted by molar-refractivity contribution is -0.123. The highest BCUT2D eigenvalue weighted by molar-refractivity contribution is 5.95. The van der Waals surface area contributed by atoms with E-state index in [2.05, 4.69) is 25.8 Å². The van der Waals surface area contributed by atoms with Crippen molar-refractivity contribution in [1.29, 1.82) is 0 Å². The van der Waals surface area contributed by atoms with E-state index >= 15 is 0 Å². The van der Waals surface area contributed by atoms with E-state index in [9.17, 15) is 19.1 Å². The topological polar surface area (TPSA) is 174 Å². The second-order valence-corrected chi connectivity index (χ2v) is 10.1. The fraction of sp³-hybridized carbons (Fsp3) is 0.414. The summed E-state index contributed by atoms with van der Waals surface area (Å²) in [5.41, 5.74) is 7.32. The molecule has 1 atom stereocenters. The summed E-state index contributed by atoms with van der Waals surface area (Å²) in [6.45, 7) is 0.0738. The number of hydrogen-bond acceptors (Lipinski definition) is 8. The maximum atomic E-state index is 14.3. The van der Waals surface area contributed by atoms with Crippen LogP contribution in [0.2, 0.25) is 0 Å². The molecule has 1 unspecified atom stereocenters. The highest BCUT2D eigenvalue weighted by atomic mass is 19.1. The van der Waals surface area contributed by atoms with Crippen LogP contribution in [-0.2, 0) is 22.6 Å². The van der Waals surface area contributed by atoms with Crippen molar-refractivity contribution in [2.75, 3.05) is 14.2 Å². The van der Waals surface area contributed by atoms with Crippen LogP contribution in [-0.4, -0.2) is 53.3 Å². The van der Waals surface area contributed by atoms with Crippen LogP contribution < -0.4 is 25.8 Å². The first-order valence-corrected chi connectivity index (χ1v) is 13.7. The molecule has 0 spiro atoms. The largest absolute Gasteiger partial charge is 0.493 e. The van der Waals surface area contributed by atoms with Crippen LogP contribution in [0.3, 0.4) is 0 Å². The standard InChI is InChI=1S/C29H35FN6O6/c1-40-23-11-9-18(14-24(23)41-2)15-25(37)34-28(31)33-22(13-17-6-4-3-5-7-17)26(38)32-16-19-8-10-21(30)20(12-19)27-35-36-29(39)42-27/h8-12,14,17,22H,3-7,13,15-16H2,1-2H3,(H,32,38)(H,36,39)(H3,31,33,34,37). The lowest BCUT2D eigenvalue weighted by atomic mass is 9.84. The normalized spacial score (nSPS) is 14.7. The summed E-state index contributed by atoms with van der Waals surface area (Å²) >= 11 is 0. The van der Waals surface area contributed by atoms with Crippen LogP contribution >= 0.6 is 0 Å².